The van der Waals surface area contributed by atoms with Crippen molar-refractivity contribution in [2.24, 2.45) is 0 Å². The lowest BCUT2D eigenvalue weighted by atomic mass is 10.2. The molecule has 4 rings (SSSR count). The summed E-state index contributed by atoms with van der Waals surface area (Å²) in [6.45, 7) is 0.592. The van der Waals surface area contributed by atoms with E-state index in [2.05, 4.69) is 20.9 Å². The summed E-state index contributed by atoms with van der Waals surface area (Å²) in [6, 6.07) is 10.8. The Morgan fingerprint density at radius 3 is 2.64 bits per heavy atom. The molecule has 0 unspecified atom stereocenters. The Hall–Kier alpha value is -1.68. The SMILES string of the molecule is O=c1[nH]c2ccccc2n1C1=CCN(S(=O)(=O)c2ccc(Br)s2)CC1. The number of nitrogens with zero attached hydrogens (tertiary/aromatic N) is 2. The van der Waals surface area contributed by atoms with Crippen LogP contribution >= 0.6 is 27.3 Å². The molecule has 6 nitrogen and oxygen atoms in total. The van der Waals surface area contributed by atoms with Gasteiger partial charge < -0.3 is 4.98 Å². The standard InChI is InChI=1S/C16H14BrN3O3S2/c17-14-5-6-15(24-14)25(22,23)19-9-7-11(8-10-19)20-13-4-2-1-3-12(13)18-16(20)21/h1-7H,8-10H2,(H,18,21). The van der Waals surface area contributed by atoms with Gasteiger partial charge in [0, 0.05) is 25.2 Å². The van der Waals surface area contributed by atoms with E-state index in [0.29, 0.717) is 17.2 Å². The monoisotopic (exact) mass is 439 g/mol. The third-order valence-electron chi connectivity index (χ3n) is 4.17. The van der Waals surface area contributed by atoms with Crippen molar-refractivity contribution in [2.75, 3.05) is 13.1 Å². The molecule has 1 aromatic carbocycles. The molecule has 0 radical (unpaired) electrons. The quantitative estimate of drug-likeness (QED) is 0.680. The minimum atomic E-state index is -3.50. The van der Waals surface area contributed by atoms with E-state index in [0.717, 1.165) is 20.5 Å². The molecule has 2 aromatic heterocycles. The van der Waals surface area contributed by atoms with Crippen LogP contribution in [-0.2, 0) is 10.0 Å². The number of sulfonamides is 1. The van der Waals surface area contributed by atoms with Crippen molar-refractivity contribution >= 4 is 54.0 Å². The number of imidazole rings is 1. The fourth-order valence-corrected chi connectivity index (χ4v) is 6.51. The smallest absolute Gasteiger partial charge is 0.305 e. The second kappa shape index (κ2) is 6.24. The summed E-state index contributed by atoms with van der Waals surface area (Å²) in [7, 11) is -3.50. The average molecular weight is 440 g/mol. The molecule has 9 heteroatoms. The maximum atomic E-state index is 12.7. The number of halogens is 1. The van der Waals surface area contributed by atoms with Gasteiger partial charge in [0.2, 0.25) is 0 Å². The highest BCUT2D eigenvalue weighted by Crippen LogP contribution is 2.30. The van der Waals surface area contributed by atoms with Crippen LogP contribution in [0.1, 0.15) is 6.42 Å². The summed E-state index contributed by atoms with van der Waals surface area (Å²) >= 11 is 4.49. The van der Waals surface area contributed by atoms with E-state index in [1.807, 2.05) is 30.3 Å². The van der Waals surface area contributed by atoms with Crippen molar-refractivity contribution < 1.29 is 8.42 Å². The van der Waals surface area contributed by atoms with Crippen molar-refractivity contribution in [1.82, 2.24) is 13.9 Å². The molecular weight excluding hydrogens is 426 g/mol. The molecule has 25 heavy (non-hydrogen) atoms. The van der Waals surface area contributed by atoms with Crippen LogP contribution in [-0.4, -0.2) is 35.4 Å². The molecule has 1 aliphatic heterocycles. The van der Waals surface area contributed by atoms with Crippen LogP contribution in [0.5, 0.6) is 0 Å². The molecule has 0 fully saturated rings. The first kappa shape index (κ1) is 16.8. The van der Waals surface area contributed by atoms with Crippen LogP contribution in [0.4, 0.5) is 0 Å². The molecule has 0 saturated heterocycles. The van der Waals surface area contributed by atoms with Gasteiger partial charge in [-0.25, -0.2) is 13.2 Å². The van der Waals surface area contributed by atoms with Gasteiger partial charge in [0.15, 0.2) is 0 Å². The van der Waals surface area contributed by atoms with E-state index >= 15 is 0 Å². The Bertz CT molecular complexity index is 1140. The van der Waals surface area contributed by atoms with Crippen molar-refractivity contribution in [2.45, 2.75) is 10.6 Å². The van der Waals surface area contributed by atoms with Crippen molar-refractivity contribution in [3.63, 3.8) is 0 Å². The summed E-state index contributed by atoms with van der Waals surface area (Å²) in [4.78, 5) is 15.1. The van der Waals surface area contributed by atoms with Crippen LogP contribution in [0.15, 0.2) is 55.3 Å². The van der Waals surface area contributed by atoms with Crippen molar-refractivity contribution in [3.05, 3.63) is 56.7 Å². The summed E-state index contributed by atoms with van der Waals surface area (Å²) < 4.78 is 29.5. The van der Waals surface area contributed by atoms with E-state index in [-0.39, 0.29) is 12.2 Å². The zero-order chi connectivity index (χ0) is 17.6. The van der Waals surface area contributed by atoms with Gasteiger partial charge in [-0.15, -0.1) is 11.3 Å². The molecule has 3 heterocycles. The third kappa shape index (κ3) is 2.91. The molecule has 0 saturated carbocycles. The number of benzene rings is 1. The number of nitrogens with one attached hydrogen (secondary N) is 1. The van der Waals surface area contributed by atoms with Crippen LogP contribution in [0.25, 0.3) is 16.7 Å². The second-order valence-electron chi connectivity index (χ2n) is 5.65. The number of aromatic nitrogens is 2. The predicted molar refractivity (Wildman–Crippen MR) is 102 cm³/mol. The topological polar surface area (TPSA) is 75.2 Å². The van der Waals surface area contributed by atoms with E-state index < -0.39 is 10.0 Å². The van der Waals surface area contributed by atoms with Crippen LogP contribution in [0.2, 0.25) is 0 Å². The molecule has 0 spiro atoms. The fourth-order valence-electron chi connectivity index (χ4n) is 2.96. The van der Waals surface area contributed by atoms with E-state index in [1.165, 1.54) is 15.6 Å². The maximum Gasteiger partial charge on any atom is 0.330 e. The first-order valence-corrected chi connectivity index (χ1v) is 10.7. The highest BCUT2D eigenvalue weighted by atomic mass is 79.9. The number of rotatable bonds is 3. The summed E-state index contributed by atoms with van der Waals surface area (Å²) in [5, 5.41) is 0. The molecule has 1 N–H and O–H groups in total. The number of aromatic amines is 1. The lowest BCUT2D eigenvalue weighted by molar-refractivity contribution is 0.439. The first-order chi connectivity index (χ1) is 12.0. The van der Waals surface area contributed by atoms with Gasteiger partial charge in [0.1, 0.15) is 4.21 Å². The first-order valence-electron chi connectivity index (χ1n) is 7.61. The molecule has 130 valence electrons. The average Bonchev–Trinajstić information content (AvgIpc) is 3.18. The Labute approximate surface area is 156 Å². The van der Waals surface area contributed by atoms with E-state index in [1.54, 1.807) is 16.7 Å². The van der Waals surface area contributed by atoms with Crippen molar-refractivity contribution in [3.8, 4) is 0 Å². The second-order valence-corrected chi connectivity index (χ2v) is 10.3. The minimum absolute atomic E-state index is 0.203. The Balaban J connectivity index is 1.66. The number of hydrogen-bond donors (Lipinski definition) is 1. The van der Waals surface area contributed by atoms with E-state index in [4.69, 9.17) is 0 Å². The highest BCUT2D eigenvalue weighted by Gasteiger charge is 2.28. The van der Waals surface area contributed by atoms with E-state index in [9.17, 15) is 13.2 Å². The van der Waals surface area contributed by atoms with Gasteiger partial charge in [-0.1, -0.05) is 12.1 Å². The largest absolute Gasteiger partial charge is 0.330 e. The van der Waals surface area contributed by atoms with Crippen molar-refractivity contribution in [1.29, 1.82) is 0 Å². The predicted octanol–water partition coefficient (Wildman–Crippen LogP) is 3.09. The molecule has 3 aromatic rings. The normalized spacial score (nSPS) is 16.3. The lowest BCUT2D eigenvalue weighted by Gasteiger charge is -2.25. The minimum Gasteiger partial charge on any atom is -0.305 e. The van der Waals surface area contributed by atoms with Gasteiger partial charge in [-0.3, -0.25) is 4.57 Å². The summed E-state index contributed by atoms with van der Waals surface area (Å²) in [6.07, 6.45) is 2.29. The zero-order valence-corrected chi connectivity index (χ0v) is 16.2. The van der Waals surface area contributed by atoms with Crippen LogP contribution in [0, 0.1) is 0 Å². The number of para-hydroxylation sites is 2. The molecule has 0 aliphatic carbocycles. The number of H-pyrrole nitrogens is 1. The van der Waals surface area contributed by atoms with Gasteiger partial charge in [0.05, 0.1) is 14.8 Å². The summed E-state index contributed by atoms with van der Waals surface area (Å²) in [5.41, 5.74) is 2.19. The molecule has 0 atom stereocenters. The van der Waals surface area contributed by atoms with Gasteiger partial charge in [-0.2, -0.15) is 4.31 Å². The van der Waals surface area contributed by atoms with Crippen LogP contribution < -0.4 is 5.69 Å². The van der Waals surface area contributed by atoms with Gasteiger partial charge in [0.25, 0.3) is 10.0 Å². The Kier molecular flexibility index (Phi) is 4.19. The van der Waals surface area contributed by atoms with Gasteiger partial charge in [-0.05, 0) is 46.3 Å². The number of thiophene rings is 1. The maximum absolute atomic E-state index is 12.7. The number of hydrogen-bond acceptors (Lipinski definition) is 4. The molecule has 0 amide bonds. The number of fused-ring (bicyclic) bond motifs is 1. The van der Waals surface area contributed by atoms with Gasteiger partial charge >= 0.3 is 5.69 Å². The molecular formula is C16H14BrN3O3S2. The fraction of sp³-hybridized carbons (Fsp3) is 0.188. The Morgan fingerprint density at radius 1 is 1.16 bits per heavy atom. The molecule has 0 bridgehead atoms. The molecule has 1 aliphatic rings. The third-order valence-corrected chi connectivity index (χ3v) is 8.12. The lowest BCUT2D eigenvalue weighted by Crippen LogP contribution is -2.35. The van der Waals surface area contributed by atoms with Crippen LogP contribution in [0.3, 0.4) is 0 Å². The Morgan fingerprint density at radius 2 is 1.96 bits per heavy atom. The summed E-state index contributed by atoms with van der Waals surface area (Å²) in [5.74, 6) is 0. The highest BCUT2D eigenvalue weighted by molar-refractivity contribution is 9.11. The zero-order valence-electron chi connectivity index (χ0n) is 13.0.